The molecule has 0 amide bonds. The highest BCUT2D eigenvalue weighted by atomic mass is 79.9. The Morgan fingerprint density at radius 3 is 2.16 bits per heavy atom. The van der Waals surface area contributed by atoms with Crippen LogP contribution >= 0.6 is 15.9 Å². The van der Waals surface area contributed by atoms with E-state index in [0.29, 0.717) is 5.41 Å². The van der Waals surface area contributed by atoms with Crippen molar-refractivity contribution in [2.75, 3.05) is 18.0 Å². The molecule has 1 aliphatic rings. The number of carbonyl (C=O) groups excluding carboxylic acids is 1. The lowest BCUT2D eigenvalue weighted by molar-refractivity contribution is -0.207. The number of rotatable bonds is 6. The lowest BCUT2D eigenvalue weighted by atomic mass is 9.78. The van der Waals surface area contributed by atoms with Gasteiger partial charge in [-0.15, -0.1) is 0 Å². The van der Waals surface area contributed by atoms with Crippen molar-refractivity contribution in [3.63, 3.8) is 0 Å². The Bertz CT molecular complexity index is 789. The summed E-state index contributed by atoms with van der Waals surface area (Å²) in [6.45, 7) is 22.2. The SMILES string of the molecule is Cc1ncc(Br)c(N2CCC(C)(C)CC2)c1[C@](OC(C)(C)C)(C(=O)OC(C)C)C(C)C. The second kappa shape index (κ2) is 9.38. The van der Waals surface area contributed by atoms with Crippen LogP contribution < -0.4 is 4.90 Å². The van der Waals surface area contributed by atoms with Gasteiger partial charge in [0.15, 0.2) is 5.60 Å². The summed E-state index contributed by atoms with van der Waals surface area (Å²) >= 11 is 3.75. The Balaban J connectivity index is 2.79. The van der Waals surface area contributed by atoms with E-state index in [2.05, 4.69) is 39.7 Å². The van der Waals surface area contributed by atoms with Crippen molar-refractivity contribution in [1.82, 2.24) is 4.98 Å². The van der Waals surface area contributed by atoms with Crippen molar-refractivity contribution in [3.05, 3.63) is 21.9 Å². The van der Waals surface area contributed by atoms with Crippen LogP contribution in [0.25, 0.3) is 0 Å². The molecular weight excluding hydrogens is 456 g/mol. The van der Waals surface area contributed by atoms with Gasteiger partial charge in [-0.3, -0.25) is 4.98 Å². The second-order valence-electron chi connectivity index (χ2n) is 11.1. The maximum absolute atomic E-state index is 13.8. The van der Waals surface area contributed by atoms with Gasteiger partial charge in [0.1, 0.15) is 0 Å². The van der Waals surface area contributed by atoms with E-state index in [0.717, 1.165) is 47.3 Å². The Kier molecular flexibility index (Phi) is 7.90. The van der Waals surface area contributed by atoms with E-state index < -0.39 is 11.2 Å². The number of pyridine rings is 1. The van der Waals surface area contributed by atoms with Crippen LogP contribution in [0, 0.1) is 18.3 Å². The summed E-state index contributed by atoms with van der Waals surface area (Å²) in [5.41, 5.74) is 1.10. The Labute approximate surface area is 197 Å². The average Bonchev–Trinajstić information content (AvgIpc) is 2.60. The number of anilines is 1. The molecule has 31 heavy (non-hydrogen) atoms. The summed E-state index contributed by atoms with van der Waals surface area (Å²) in [6, 6.07) is 0. The van der Waals surface area contributed by atoms with Gasteiger partial charge in [0.05, 0.1) is 21.9 Å². The van der Waals surface area contributed by atoms with Crippen LogP contribution in [-0.4, -0.2) is 35.7 Å². The minimum Gasteiger partial charge on any atom is -0.461 e. The van der Waals surface area contributed by atoms with Crippen molar-refractivity contribution >= 4 is 27.6 Å². The standard InChI is InChI=1S/C25H41BrN2O3/c1-16(2)25(31-23(6,7)8,22(29)30-17(3)4)20-18(5)27-15-19(26)21(20)28-13-11-24(9,10)12-14-28/h15-17H,11-14H2,1-10H3/t25-/m0/s1. The molecule has 176 valence electrons. The van der Waals surface area contributed by atoms with E-state index in [9.17, 15) is 4.79 Å². The first-order valence-electron chi connectivity index (χ1n) is 11.4. The van der Waals surface area contributed by atoms with Gasteiger partial charge in [-0.05, 0) is 81.6 Å². The van der Waals surface area contributed by atoms with Crippen LogP contribution in [0.5, 0.6) is 0 Å². The fourth-order valence-corrected chi connectivity index (χ4v) is 4.83. The molecule has 0 saturated carbocycles. The highest BCUT2D eigenvalue weighted by Gasteiger charge is 2.52. The minimum atomic E-state index is -1.27. The van der Waals surface area contributed by atoms with Gasteiger partial charge in [-0.1, -0.05) is 27.7 Å². The van der Waals surface area contributed by atoms with Crippen LogP contribution in [-0.2, 0) is 19.9 Å². The van der Waals surface area contributed by atoms with Crippen LogP contribution in [0.1, 0.15) is 86.4 Å². The van der Waals surface area contributed by atoms with Gasteiger partial charge in [0, 0.05) is 30.5 Å². The summed E-state index contributed by atoms with van der Waals surface area (Å²) in [7, 11) is 0. The summed E-state index contributed by atoms with van der Waals surface area (Å²) in [5.74, 6) is -0.512. The molecule has 1 aliphatic heterocycles. The van der Waals surface area contributed by atoms with Crippen molar-refractivity contribution in [2.45, 2.75) is 99.4 Å². The molecule has 2 heterocycles. The number of hydrogen-bond donors (Lipinski definition) is 0. The van der Waals surface area contributed by atoms with E-state index in [1.54, 1.807) is 0 Å². The van der Waals surface area contributed by atoms with Gasteiger partial charge in [-0.25, -0.2) is 4.79 Å². The average molecular weight is 498 g/mol. The molecule has 0 radical (unpaired) electrons. The van der Waals surface area contributed by atoms with Crippen molar-refractivity contribution < 1.29 is 14.3 Å². The lowest BCUT2D eigenvalue weighted by Gasteiger charge is -2.45. The van der Waals surface area contributed by atoms with Crippen LogP contribution in [0.3, 0.4) is 0 Å². The smallest absolute Gasteiger partial charge is 0.343 e. The summed E-state index contributed by atoms with van der Waals surface area (Å²) in [5, 5.41) is 0. The van der Waals surface area contributed by atoms with E-state index in [1.807, 2.05) is 61.6 Å². The van der Waals surface area contributed by atoms with E-state index in [4.69, 9.17) is 9.47 Å². The topological polar surface area (TPSA) is 51.7 Å². The molecule has 1 atom stereocenters. The summed E-state index contributed by atoms with van der Waals surface area (Å²) < 4.78 is 13.4. The van der Waals surface area contributed by atoms with Crippen LogP contribution in [0.15, 0.2) is 10.7 Å². The number of esters is 1. The summed E-state index contributed by atoms with van der Waals surface area (Å²) in [4.78, 5) is 20.8. The number of piperidine rings is 1. The second-order valence-corrected chi connectivity index (χ2v) is 12.0. The molecule has 0 bridgehead atoms. The molecule has 2 rings (SSSR count). The number of ether oxygens (including phenoxy) is 2. The van der Waals surface area contributed by atoms with Crippen LogP contribution in [0.4, 0.5) is 5.69 Å². The zero-order valence-electron chi connectivity index (χ0n) is 21.1. The van der Waals surface area contributed by atoms with Crippen molar-refractivity contribution in [1.29, 1.82) is 0 Å². The molecule has 1 fully saturated rings. The first kappa shape index (κ1) is 26.1. The number of halogens is 1. The minimum absolute atomic E-state index is 0.159. The van der Waals surface area contributed by atoms with Gasteiger partial charge in [-0.2, -0.15) is 0 Å². The normalized spacial score (nSPS) is 18.9. The number of aryl methyl sites for hydroxylation is 1. The zero-order chi connectivity index (χ0) is 23.8. The van der Waals surface area contributed by atoms with Gasteiger partial charge >= 0.3 is 5.97 Å². The predicted molar refractivity (Wildman–Crippen MR) is 130 cm³/mol. The third-order valence-electron chi connectivity index (χ3n) is 5.93. The maximum Gasteiger partial charge on any atom is 0.343 e. The Hall–Kier alpha value is -1.14. The monoisotopic (exact) mass is 496 g/mol. The van der Waals surface area contributed by atoms with E-state index in [1.165, 1.54) is 0 Å². The molecule has 0 aliphatic carbocycles. The molecule has 1 saturated heterocycles. The highest BCUT2D eigenvalue weighted by molar-refractivity contribution is 9.10. The third kappa shape index (κ3) is 5.81. The molecular formula is C25H41BrN2O3. The number of nitrogens with zero attached hydrogens (tertiary/aromatic N) is 2. The maximum atomic E-state index is 13.8. The largest absolute Gasteiger partial charge is 0.461 e. The fraction of sp³-hybridized carbons (Fsp3) is 0.760. The third-order valence-corrected chi connectivity index (χ3v) is 6.51. The number of carbonyl (C=O) groups is 1. The first-order chi connectivity index (χ1) is 14.1. The Morgan fingerprint density at radius 1 is 1.16 bits per heavy atom. The highest BCUT2D eigenvalue weighted by Crippen LogP contribution is 2.48. The molecule has 0 N–H and O–H groups in total. The van der Waals surface area contributed by atoms with Crippen LogP contribution in [0.2, 0.25) is 0 Å². The van der Waals surface area contributed by atoms with E-state index in [-0.39, 0.29) is 18.0 Å². The number of hydrogen-bond acceptors (Lipinski definition) is 5. The lowest BCUT2D eigenvalue weighted by Crippen LogP contribution is -2.51. The first-order valence-corrected chi connectivity index (χ1v) is 12.2. The van der Waals surface area contributed by atoms with Gasteiger partial charge in [0.2, 0.25) is 0 Å². The van der Waals surface area contributed by atoms with Crippen molar-refractivity contribution in [3.8, 4) is 0 Å². The molecule has 6 heteroatoms. The molecule has 1 aromatic rings. The Morgan fingerprint density at radius 2 is 1.71 bits per heavy atom. The number of aromatic nitrogens is 1. The summed E-state index contributed by atoms with van der Waals surface area (Å²) in [6.07, 6.45) is 3.77. The van der Waals surface area contributed by atoms with Crippen molar-refractivity contribution in [2.24, 2.45) is 11.3 Å². The zero-order valence-corrected chi connectivity index (χ0v) is 22.6. The molecule has 1 aromatic heterocycles. The quantitative estimate of drug-likeness (QED) is 0.426. The van der Waals surface area contributed by atoms with Gasteiger partial charge in [0.25, 0.3) is 0 Å². The molecule has 0 aromatic carbocycles. The molecule has 5 nitrogen and oxygen atoms in total. The fourth-order valence-electron chi connectivity index (χ4n) is 4.28. The van der Waals surface area contributed by atoms with E-state index >= 15 is 0 Å². The predicted octanol–water partition coefficient (Wildman–Crippen LogP) is 6.40. The van der Waals surface area contributed by atoms with Gasteiger partial charge < -0.3 is 14.4 Å². The molecule has 0 spiro atoms. The molecule has 0 unspecified atom stereocenters.